The zero-order chi connectivity index (χ0) is 27.5. The van der Waals surface area contributed by atoms with Gasteiger partial charge < -0.3 is 15.2 Å². The van der Waals surface area contributed by atoms with Crippen molar-refractivity contribution in [1.82, 2.24) is 29.1 Å². The predicted octanol–water partition coefficient (Wildman–Crippen LogP) is 5.86. The summed E-state index contributed by atoms with van der Waals surface area (Å²) in [5, 5.41) is 14.8. The van der Waals surface area contributed by atoms with Crippen molar-refractivity contribution in [1.29, 1.82) is 0 Å². The van der Waals surface area contributed by atoms with Crippen LogP contribution in [0.3, 0.4) is 0 Å². The van der Waals surface area contributed by atoms with Crippen LogP contribution < -0.4 is 5.73 Å². The van der Waals surface area contributed by atoms with Gasteiger partial charge in [-0.25, -0.2) is 19.0 Å². The number of hydrogen-bond donors (Lipinski definition) is 2. The van der Waals surface area contributed by atoms with Crippen LogP contribution in [0.1, 0.15) is 24.1 Å². The summed E-state index contributed by atoms with van der Waals surface area (Å²) in [6, 6.07) is 11.9. The van der Waals surface area contributed by atoms with Crippen molar-refractivity contribution in [3.8, 4) is 28.4 Å². The lowest BCUT2D eigenvalue weighted by molar-refractivity contribution is -0.137. The fourth-order valence-electron chi connectivity index (χ4n) is 5.00. The number of phenolic OH excluding ortho intramolecular Hbond substituents is 1. The minimum atomic E-state index is -4.72. The maximum absolute atomic E-state index is 14.7. The molecule has 5 aromatic heterocycles. The highest BCUT2D eigenvalue weighted by atomic mass is 19.4. The Morgan fingerprint density at radius 2 is 1.79 bits per heavy atom. The molecule has 0 fully saturated rings. The summed E-state index contributed by atoms with van der Waals surface area (Å²) in [6.45, 7) is 1.56. The molecule has 12 heteroatoms. The van der Waals surface area contributed by atoms with E-state index in [9.17, 15) is 22.7 Å². The maximum atomic E-state index is 14.7. The second-order valence-electron chi connectivity index (χ2n) is 8.93. The lowest BCUT2D eigenvalue weighted by Crippen LogP contribution is -2.16. The number of aromatic nitrogens is 6. The summed E-state index contributed by atoms with van der Waals surface area (Å²) >= 11 is 0. The van der Waals surface area contributed by atoms with Crippen molar-refractivity contribution in [3.05, 3.63) is 90.3 Å². The lowest BCUT2D eigenvalue weighted by atomic mass is 10.00. The smallest absolute Gasteiger partial charge is 0.418 e. The fraction of sp³-hybridized carbons (Fsp3) is 0.111. The van der Waals surface area contributed by atoms with Crippen LogP contribution in [0, 0.1) is 5.82 Å². The first kappa shape index (κ1) is 24.3. The molecule has 0 saturated heterocycles. The number of pyridine rings is 2. The number of aromatic hydroxyl groups is 1. The van der Waals surface area contributed by atoms with E-state index in [4.69, 9.17) is 5.73 Å². The highest BCUT2D eigenvalue weighted by Gasteiger charge is 2.41. The second-order valence-corrected chi connectivity index (χ2v) is 8.93. The molecule has 0 aliphatic rings. The minimum Gasteiger partial charge on any atom is -0.508 e. The molecule has 1 aromatic carbocycles. The van der Waals surface area contributed by atoms with Gasteiger partial charge in [0.2, 0.25) is 0 Å². The summed E-state index contributed by atoms with van der Waals surface area (Å²) in [6.07, 6.45) is -0.494. The predicted molar refractivity (Wildman–Crippen MR) is 136 cm³/mol. The van der Waals surface area contributed by atoms with Crippen LogP contribution in [0.25, 0.3) is 39.2 Å². The molecule has 0 saturated carbocycles. The van der Waals surface area contributed by atoms with Gasteiger partial charge in [-0.2, -0.15) is 18.3 Å². The van der Waals surface area contributed by atoms with Gasteiger partial charge in [0.1, 0.15) is 29.4 Å². The van der Waals surface area contributed by atoms with Gasteiger partial charge in [0.05, 0.1) is 33.9 Å². The molecule has 8 nitrogen and oxygen atoms in total. The van der Waals surface area contributed by atoms with Crippen molar-refractivity contribution in [2.75, 3.05) is 5.73 Å². The van der Waals surface area contributed by atoms with Gasteiger partial charge in [0, 0.05) is 29.6 Å². The van der Waals surface area contributed by atoms with Crippen LogP contribution in [0.4, 0.5) is 23.4 Å². The van der Waals surface area contributed by atoms with Crippen molar-refractivity contribution >= 4 is 22.4 Å². The summed E-state index contributed by atoms with van der Waals surface area (Å²) in [5.41, 5.74) is 6.16. The van der Waals surface area contributed by atoms with Gasteiger partial charge in [-0.3, -0.25) is 4.98 Å². The largest absolute Gasteiger partial charge is 0.508 e. The Morgan fingerprint density at radius 1 is 1.00 bits per heavy atom. The molecule has 0 radical (unpaired) electrons. The SMILES string of the molecule is CC(c1c(C(F)(F)F)c2ccccn2c1-c1ccccn1)n1nc(-c2cc(O)cc(F)c2)c2c(N)ncnc21. The molecule has 39 heavy (non-hydrogen) atoms. The monoisotopic (exact) mass is 533 g/mol. The van der Waals surface area contributed by atoms with E-state index in [1.54, 1.807) is 37.4 Å². The van der Waals surface area contributed by atoms with E-state index >= 15 is 0 Å². The average molecular weight is 533 g/mol. The Hall–Kier alpha value is -5.00. The first-order chi connectivity index (χ1) is 18.6. The molecule has 1 atom stereocenters. The quantitative estimate of drug-likeness (QED) is 0.275. The molecule has 0 aliphatic carbocycles. The summed E-state index contributed by atoms with van der Waals surface area (Å²) in [7, 11) is 0. The molecule has 0 spiro atoms. The van der Waals surface area contributed by atoms with E-state index in [0.29, 0.717) is 5.69 Å². The molecule has 0 bridgehead atoms. The first-order valence-corrected chi connectivity index (χ1v) is 11.7. The molecule has 0 amide bonds. The zero-order valence-corrected chi connectivity index (χ0v) is 20.2. The lowest BCUT2D eigenvalue weighted by Gasteiger charge is -2.18. The second kappa shape index (κ2) is 8.79. The number of rotatable bonds is 4. The van der Waals surface area contributed by atoms with Crippen molar-refractivity contribution in [2.45, 2.75) is 19.1 Å². The third-order valence-corrected chi connectivity index (χ3v) is 6.53. The van der Waals surface area contributed by atoms with Gasteiger partial charge in [0.25, 0.3) is 0 Å². The third-order valence-electron chi connectivity index (χ3n) is 6.53. The maximum Gasteiger partial charge on any atom is 0.418 e. The fourth-order valence-corrected chi connectivity index (χ4v) is 5.00. The summed E-state index contributed by atoms with van der Waals surface area (Å²) in [4.78, 5) is 12.6. The number of hydrogen-bond acceptors (Lipinski definition) is 6. The van der Waals surface area contributed by atoms with Gasteiger partial charge in [-0.15, -0.1) is 0 Å². The molecule has 6 aromatic rings. The van der Waals surface area contributed by atoms with E-state index in [-0.39, 0.29) is 50.6 Å². The van der Waals surface area contributed by atoms with Gasteiger partial charge in [-0.1, -0.05) is 12.1 Å². The number of nitrogen functional groups attached to an aromatic ring is 1. The number of nitrogens with two attached hydrogens (primary N) is 1. The van der Waals surface area contributed by atoms with Crippen molar-refractivity contribution in [3.63, 3.8) is 0 Å². The zero-order valence-electron chi connectivity index (χ0n) is 20.2. The summed E-state index contributed by atoms with van der Waals surface area (Å²) < 4.78 is 61.2. The van der Waals surface area contributed by atoms with Crippen LogP contribution >= 0.6 is 0 Å². The molecule has 3 N–H and O–H groups in total. The molecule has 5 heterocycles. The molecular weight excluding hydrogens is 514 g/mol. The normalized spacial score (nSPS) is 12.8. The third kappa shape index (κ3) is 3.92. The Bertz CT molecular complexity index is 1840. The van der Waals surface area contributed by atoms with Crippen molar-refractivity contribution in [2.24, 2.45) is 0 Å². The Morgan fingerprint density at radius 3 is 2.51 bits per heavy atom. The van der Waals surface area contributed by atoms with Crippen LogP contribution in [0.5, 0.6) is 5.75 Å². The van der Waals surface area contributed by atoms with E-state index < -0.39 is 23.6 Å². The Labute approximate surface area is 218 Å². The number of phenols is 1. The highest BCUT2D eigenvalue weighted by molar-refractivity contribution is 5.98. The van der Waals surface area contributed by atoms with Crippen LogP contribution in [-0.4, -0.2) is 34.2 Å². The van der Waals surface area contributed by atoms with Crippen LogP contribution in [-0.2, 0) is 6.18 Å². The topological polar surface area (TPSA) is 107 Å². The number of nitrogens with zero attached hydrogens (tertiary/aromatic N) is 6. The Kier molecular flexibility index (Phi) is 5.49. The molecule has 1 unspecified atom stereocenters. The van der Waals surface area contributed by atoms with E-state index in [1.165, 1.54) is 39.8 Å². The number of anilines is 1. The van der Waals surface area contributed by atoms with Gasteiger partial charge in [0.15, 0.2) is 5.65 Å². The van der Waals surface area contributed by atoms with Gasteiger partial charge in [-0.05, 0) is 43.3 Å². The average Bonchev–Trinajstić information content (AvgIpc) is 3.46. The first-order valence-electron chi connectivity index (χ1n) is 11.7. The van der Waals surface area contributed by atoms with E-state index in [0.717, 1.165) is 12.1 Å². The molecule has 6 rings (SSSR count). The standard InChI is InChI=1S/C27H19F4N7O/c1-14(38-26-21(25(32)34-13-35-26)23(36-38)15-10-16(28)12-17(39)11-15)20-22(27(29,30)31)19-7-3-5-9-37(19)24(20)18-6-2-4-8-33-18/h2-14,39H,1H3,(H2,32,34,35). The molecule has 0 aliphatic heterocycles. The van der Waals surface area contributed by atoms with E-state index in [1.807, 2.05) is 0 Å². The van der Waals surface area contributed by atoms with Crippen LogP contribution in [0.15, 0.2) is 73.3 Å². The number of alkyl halides is 3. The Balaban J connectivity index is 1.70. The van der Waals surface area contributed by atoms with Crippen molar-refractivity contribution < 1.29 is 22.7 Å². The molecule has 196 valence electrons. The van der Waals surface area contributed by atoms with E-state index in [2.05, 4.69) is 20.1 Å². The number of halogens is 4. The summed E-state index contributed by atoms with van der Waals surface area (Å²) in [5.74, 6) is -1.08. The highest BCUT2D eigenvalue weighted by Crippen LogP contribution is 2.46. The van der Waals surface area contributed by atoms with Crippen LogP contribution in [0.2, 0.25) is 0 Å². The molecular formula is C27H19F4N7O. The van der Waals surface area contributed by atoms with Gasteiger partial charge >= 0.3 is 6.18 Å². The number of fused-ring (bicyclic) bond motifs is 2. The minimum absolute atomic E-state index is 0.000220. The number of benzene rings is 1.